The van der Waals surface area contributed by atoms with Crippen LogP contribution in [-0.4, -0.2) is 19.3 Å². The molecule has 2 aromatic heterocycles. The standard InChI is InChI=1S/C11H10ClN5/c1-16-6-5-9(15-16)17-10-7(12)3-2-4-8(10)14-11(17)13/h2-6H,1H3,(H2,13,14). The Bertz CT molecular complexity index is 697. The van der Waals surface area contributed by atoms with Gasteiger partial charge in [0.15, 0.2) is 5.82 Å². The summed E-state index contributed by atoms with van der Waals surface area (Å²) >= 11 is 6.18. The van der Waals surface area contributed by atoms with E-state index in [0.717, 1.165) is 11.0 Å². The second-order valence-corrected chi connectivity index (χ2v) is 4.17. The number of hydrogen-bond acceptors (Lipinski definition) is 3. The van der Waals surface area contributed by atoms with Crippen LogP contribution in [-0.2, 0) is 7.05 Å². The predicted octanol–water partition coefficient (Wildman–Crippen LogP) is 1.99. The van der Waals surface area contributed by atoms with Crippen molar-refractivity contribution in [2.45, 2.75) is 0 Å². The van der Waals surface area contributed by atoms with Crippen LogP contribution in [0.4, 0.5) is 5.95 Å². The number of nitrogens with zero attached hydrogens (tertiary/aromatic N) is 4. The van der Waals surface area contributed by atoms with E-state index in [1.807, 2.05) is 37.5 Å². The van der Waals surface area contributed by atoms with Crippen LogP contribution >= 0.6 is 11.6 Å². The molecule has 17 heavy (non-hydrogen) atoms. The van der Waals surface area contributed by atoms with Crippen LogP contribution in [0.25, 0.3) is 16.9 Å². The Morgan fingerprint density at radius 1 is 1.29 bits per heavy atom. The van der Waals surface area contributed by atoms with Crippen LogP contribution in [0.15, 0.2) is 30.5 Å². The van der Waals surface area contributed by atoms with Crippen LogP contribution < -0.4 is 5.73 Å². The number of aromatic nitrogens is 4. The van der Waals surface area contributed by atoms with Crippen molar-refractivity contribution in [3.05, 3.63) is 35.5 Å². The molecule has 0 aliphatic rings. The zero-order valence-electron chi connectivity index (χ0n) is 9.13. The molecule has 0 unspecified atom stereocenters. The molecular formula is C11H10ClN5. The molecule has 0 spiro atoms. The van der Waals surface area contributed by atoms with Crippen LogP contribution in [0.5, 0.6) is 0 Å². The van der Waals surface area contributed by atoms with Gasteiger partial charge in [-0.15, -0.1) is 0 Å². The third-order valence-electron chi connectivity index (χ3n) is 2.58. The molecule has 0 saturated heterocycles. The third kappa shape index (κ3) is 1.47. The van der Waals surface area contributed by atoms with Gasteiger partial charge in [0.05, 0.1) is 16.1 Å². The van der Waals surface area contributed by atoms with Crippen LogP contribution in [0.3, 0.4) is 0 Å². The maximum Gasteiger partial charge on any atom is 0.207 e. The van der Waals surface area contributed by atoms with Crippen molar-refractivity contribution in [2.24, 2.45) is 7.05 Å². The summed E-state index contributed by atoms with van der Waals surface area (Å²) in [5.41, 5.74) is 7.45. The van der Waals surface area contributed by atoms with E-state index in [0.29, 0.717) is 16.8 Å². The molecule has 1 aromatic carbocycles. The zero-order chi connectivity index (χ0) is 12.0. The summed E-state index contributed by atoms with van der Waals surface area (Å²) in [6.07, 6.45) is 1.84. The summed E-state index contributed by atoms with van der Waals surface area (Å²) in [5, 5.41) is 4.91. The Morgan fingerprint density at radius 3 is 2.82 bits per heavy atom. The summed E-state index contributed by atoms with van der Waals surface area (Å²) in [7, 11) is 1.85. The van der Waals surface area contributed by atoms with Crippen molar-refractivity contribution in [3.63, 3.8) is 0 Å². The molecule has 0 bridgehead atoms. The number of halogens is 1. The first-order valence-corrected chi connectivity index (χ1v) is 5.47. The van der Waals surface area contributed by atoms with Gasteiger partial charge in [0.1, 0.15) is 0 Å². The van der Waals surface area contributed by atoms with E-state index in [2.05, 4.69) is 10.1 Å². The summed E-state index contributed by atoms with van der Waals surface area (Å²) in [6, 6.07) is 7.39. The fourth-order valence-electron chi connectivity index (χ4n) is 1.86. The van der Waals surface area contributed by atoms with Gasteiger partial charge in [-0.05, 0) is 12.1 Å². The lowest BCUT2D eigenvalue weighted by Gasteiger charge is -2.02. The highest BCUT2D eigenvalue weighted by molar-refractivity contribution is 6.35. The van der Waals surface area contributed by atoms with Crippen molar-refractivity contribution < 1.29 is 0 Å². The predicted molar refractivity (Wildman–Crippen MR) is 67.3 cm³/mol. The van der Waals surface area contributed by atoms with E-state index in [-0.39, 0.29) is 0 Å². The van der Waals surface area contributed by atoms with E-state index in [9.17, 15) is 0 Å². The van der Waals surface area contributed by atoms with E-state index in [4.69, 9.17) is 17.3 Å². The molecule has 0 amide bonds. The molecule has 5 nitrogen and oxygen atoms in total. The number of rotatable bonds is 1. The minimum atomic E-state index is 0.381. The maximum atomic E-state index is 6.18. The molecule has 0 saturated carbocycles. The van der Waals surface area contributed by atoms with Gasteiger partial charge in [0.2, 0.25) is 5.95 Å². The highest BCUT2D eigenvalue weighted by Gasteiger charge is 2.14. The first-order valence-electron chi connectivity index (χ1n) is 5.09. The molecule has 3 aromatic rings. The number of para-hydroxylation sites is 1. The van der Waals surface area contributed by atoms with Crippen molar-refractivity contribution in [3.8, 4) is 5.82 Å². The summed E-state index contributed by atoms with van der Waals surface area (Å²) in [5.74, 6) is 1.09. The molecule has 2 N–H and O–H groups in total. The van der Waals surface area contributed by atoms with E-state index >= 15 is 0 Å². The van der Waals surface area contributed by atoms with E-state index in [1.54, 1.807) is 9.25 Å². The largest absolute Gasteiger partial charge is 0.369 e. The van der Waals surface area contributed by atoms with Crippen LogP contribution in [0, 0.1) is 0 Å². The van der Waals surface area contributed by atoms with Crippen molar-refractivity contribution in [1.82, 2.24) is 19.3 Å². The topological polar surface area (TPSA) is 61.7 Å². The van der Waals surface area contributed by atoms with Gasteiger partial charge in [-0.25, -0.2) is 4.98 Å². The van der Waals surface area contributed by atoms with E-state index < -0.39 is 0 Å². The number of imidazole rings is 1. The number of aryl methyl sites for hydroxylation is 1. The van der Waals surface area contributed by atoms with Crippen LogP contribution in [0.1, 0.15) is 0 Å². The second kappa shape index (κ2) is 3.49. The van der Waals surface area contributed by atoms with Gasteiger partial charge in [0.25, 0.3) is 0 Å². The highest BCUT2D eigenvalue weighted by Crippen LogP contribution is 2.27. The quantitative estimate of drug-likeness (QED) is 0.715. The molecule has 0 fully saturated rings. The minimum absolute atomic E-state index is 0.381. The van der Waals surface area contributed by atoms with Crippen molar-refractivity contribution in [2.75, 3.05) is 5.73 Å². The number of nitrogens with two attached hydrogens (primary N) is 1. The van der Waals surface area contributed by atoms with Gasteiger partial charge >= 0.3 is 0 Å². The highest BCUT2D eigenvalue weighted by atomic mass is 35.5. The Hall–Kier alpha value is -2.01. The Kier molecular flexibility index (Phi) is 2.09. The van der Waals surface area contributed by atoms with E-state index in [1.165, 1.54) is 0 Å². The molecule has 3 rings (SSSR count). The molecule has 86 valence electrons. The summed E-state index contributed by atoms with van der Waals surface area (Å²) in [6.45, 7) is 0. The number of fused-ring (bicyclic) bond motifs is 1. The minimum Gasteiger partial charge on any atom is -0.369 e. The van der Waals surface area contributed by atoms with Crippen LogP contribution in [0.2, 0.25) is 5.02 Å². The number of anilines is 1. The molecule has 0 atom stereocenters. The molecule has 0 aliphatic carbocycles. The summed E-state index contributed by atoms with van der Waals surface area (Å²) < 4.78 is 3.45. The van der Waals surface area contributed by atoms with Gasteiger partial charge in [0, 0.05) is 19.3 Å². The molecule has 6 heteroatoms. The first kappa shape index (κ1) is 10.2. The van der Waals surface area contributed by atoms with Gasteiger partial charge in [-0.1, -0.05) is 17.7 Å². The van der Waals surface area contributed by atoms with Crippen molar-refractivity contribution >= 4 is 28.6 Å². The molecule has 0 aliphatic heterocycles. The Morgan fingerprint density at radius 2 is 2.12 bits per heavy atom. The second-order valence-electron chi connectivity index (χ2n) is 3.76. The number of nitrogen functional groups attached to an aromatic ring is 1. The lowest BCUT2D eigenvalue weighted by atomic mass is 10.3. The fourth-order valence-corrected chi connectivity index (χ4v) is 2.11. The smallest absolute Gasteiger partial charge is 0.207 e. The normalized spacial score (nSPS) is 11.2. The van der Waals surface area contributed by atoms with Crippen molar-refractivity contribution in [1.29, 1.82) is 0 Å². The van der Waals surface area contributed by atoms with Gasteiger partial charge in [-0.3, -0.25) is 9.25 Å². The third-order valence-corrected chi connectivity index (χ3v) is 2.89. The Labute approximate surface area is 102 Å². The van der Waals surface area contributed by atoms with Gasteiger partial charge in [-0.2, -0.15) is 5.10 Å². The summed E-state index contributed by atoms with van der Waals surface area (Å²) in [4.78, 5) is 4.27. The molecule has 2 heterocycles. The monoisotopic (exact) mass is 247 g/mol. The SMILES string of the molecule is Cn1ccc(-n2c(N)nc3cccc(Cl)c32)n1. The number of benzene rings is 1. The molecular weight excluding hydrogens is 238 g/mol. The molecule has 0 radical (unpaired) electrons. The average Bonchev–Trinajstić information content (AvgIpc) is 2.82. The van der Waals surface area contributed by atoms with Gasteiger partial charge < -0.3 is 5.73 Å². The lowest BCUT2D eigenvalue weighted by Crippen LogP contribution is -2.02. The Balaban J connectivity index is 2.39. The average molecular weight is 248 g/mol. The zero-order valence-corrected chi connectivity index (χ0v) is 9.89. The number of hydrogen-bond donors (Lipinski definition) is 1. The fraction of sp³-hybridized carbons (Fsp3) is 0.0909. The lowest BCUT2D eigenvalue weighted by molar-refractivity contribution is 0.754. The first-order chi connectivity index (χ1) is 8.16. The maximum absolute atomic E-state index is 6.18.